The van der Waals surface area contributed by atoms with Crippen LogP contribution in [0.2, 0.25) is 5.02 Å². The van der Waals surface area contributed by atoms with Crippen molar-refractivity contribution in [1.82, 2.24) is 19.8 Å². The zero-order valence-corrected chi connectivity index (χ0v) is 19.6. The first-order valence-corrected chi connectivity index (χ1v) is 11.1. The zero-order valence-electron chi connectivity index (χ0n) is 18.9. The summed E-state index contributed by atoms with van der Waals surface area (Å²) in [6.45, 7) is 2.73. The van der Waals surface area contributed by atoms with E-state index in [0.717, 1.165) is 6.54 Å². The number of likely N-dealkylation sites (N-methyl/N-ethyl adjacent to an activating group) is 1. The van der Waals surface area contributed by atoms with Crippen molar-refractivity contribution in [1.29, 1.82) is 0 Å². The van der Waals surface area contributed by atoms with E-state index in [0.29, 0.717) is 54.3 Å². The van der Waals surface area contributed by atoms with Crippen LogP contribution in [0.1, 0.15) is 6.42 Å². The number of hydrogen-bond acceptors (Lipinski definition) is 8. The fraction of sp³-hybridized carbons (Fsp3) is 0.348. The number of nitrogens with zero attached hydrogens (tertiary/aromatic N) is 4. The van der Waals surface area contributed by atoms with Crippen molar-refractivity contribution in [3.8, 4) is 11.5 Å². The Kier molecular flexibility index (Phi) is 7.49. The highest BCUT2D eigenvalue weighted by Gasteiger charge is 2.19. The number of benzene rings is 2. The number of amides is 1. The number of nitrogens with one attached hydrogen (secondary N) is 1. The van der Waals surface area contributed by atoms with Crippen molar-refractivity contribution in [3.05, 3.63) is 47.5 Å². The van der Waals surface area contributed by atoms with Crippen LogP contribution in [0.4, 0.5) is 20.7 Å². The minimum absolute atomic E-state index is 0.0138. The first-order chi connectivity index (χ1) is 16.5. The van der Waals surface area contributed by atoms with Crippen LogP contribution in [0, 0.1) is 5.82 Å². The highest BCUT2D eigenvalue weighted by molar-refractivity contribution is 6.31. The third kappa shape index (κ3) is 5.40. The molecule has 0 saturated carbocycles. The van der Waals surface area contributed by atoms with E-state index in [-0.39, 0.29) is 23.5 Å². The summed E-state index contributed by atoms with van der Waals surface area (Å²) in [5.41, 5.74) is 0.814. The number of halogens is 2. The third-order valence-electron chi connectivity index (χ3n) is 5.44. The second kappa shape index (κ2) is 10.7. The Balaban J connectivity index is 1.47. The predicted octanol–water partition coefficient (Wildman–Crippen LogP) is 4.28. The van der Waals surface area contributed by atoms with Gasteiger partial charge >= 0.3 is 6.09 Å². The van der Waals surface area contributed by atoms with Gasteiger partial charge in [-0.1, -0.05) is 17.7 Å². The summed E-state index contributed by atoms with van der Waals surface area (Å²) in [6, 6.07) is 8.22. The Morgan fingerprint density at radius 2 is 2.09 bits per heavy atom. The molecule has 1 aliphatic heterocycles. The molecule has 0 aliphatic carbocycles. The van der Waals surface area contributed by atoms with Crippen molar-refractivity contribution >= 4 is 40.1 Å². The van der Waals surface area contributed by atoms with Crippen molar-refractivity contribution in [3.63, 3.8) is 0 Å². The minimum atomic E-state index is -0.564. The highest BCUT2D eigenvalue weighted by atomic mass is 35.5. The Labute approximate surface area is 201 Å². The van der Waals surface area contributed by atoms with E-state index in [1.165, 1.54) is 12.4 Å². The second-order valence-electron chi connectivity index (χ2n) is 7.75. The summed E-state index contributed by atoms with van der Waals surface area (Å²) in [4.78, 5) is 23.8. The molecular formula is C23H25ClFN5O4. The van der Waals surface area contributed by atoms with Gasteiger partial charge in [-0.3, -0.25) is 4.90 Å². The zero-order chi connectivity index (χ0) is 24.1. The summed E-state index contributed by atoms with van der Waals surface area (Å²) >= 11 is 5.90. The van der Waals surface area contributed by atoms with Crippen molar-refractivity contribution < 1.29 is 23.4 Å². The Morgan fingerprint density at radius 3 is 2.91 bits per heavy atom. The maximum atomic E-state index is 14.4. The normalized spacial score (nSPS) is 14.6. The molecule has 0 radical (unpaired) electrons. The fourth-order valence-corrected chi connectivity index (χ4v) is 3.69. The van der Waals surface area contributed by atoms with Gasteiger partial charge in [-0.2, -0.15) is 0 Å². The molecule has 2 aromatic carbocycles. The van der Waals surface area contributed by atoms with Gasteiger partial charge in [0.25, 0.3) is 0 Å². The number of carbonyl (C=O) groups excluding carboxylic acids is 1. The lowest BCUT2D eigenvalue weighted by Gasteiger charge is -2.18. The van der Waals surface area contributed by atoms with Crippen LogP contribution in [-0.2, 0) is 4.74 Å². The number of fused-ring (bicyclic) bond motifs is 1. The van der Waals surface area contributed by atoms with Gasteiger partial charge in [-0.05, 0) is 24.6 Å². The van der Waals surface area contributed by atoms with E-state index in [9.17, 15) is 9.18 Å². The van der Waals surface area contributed by atoms with Crippen LogP contribution in [0.15, 0.2) is 36.7 Å². The maximum Gasteiger partial charge on any atom is 0.410 e. The standard InChI is InChI=1S/C23H25ClFN5O4/c1-29-8-9-30(14-34-23(29)31)7-4-10-33-20-11-15-18(12-19(20)32-2)26-13-27-22(15)28-17-6-3-5-16(24)21(17)25/h3,5-6,11-13H,4,7-10,14H2,1-2H3,(H,26,27,28). The van der Waals surface area contributed by atoms with Crippen molar-refractivity contribution in [2.24, 2.45) is 0 Å². The second-order valence-corrected chi connectivity index (χ2v) is 8.16. The number of ether oxygens (including phenoxy) is 3. The monoisotopic (exact) mass is 489 g/mol. The molecule has 2 heterocycles. The summed E-state index contributed by atoms with van der Waals surface area (Å²) in [5, 5.41) is 3.64. The molecule has 34 heavy (non-hydrogen) atoms. The number of rotatable bonds is 8. The van der Waals surface area contributed by atoms with Crippen LogP contribution in [-0.4, -0.2) is 73.0 Å². The van der Waals surface area contributed by atoms with E-state index >= 15 is 0 Å². The van der Waals surface area contributed by atoms with Crippen LogP contribution in [0.25, 0.3) is 10.9 Å². The lowest BCUT2D eigenvalue weighted by atomic mass is 10.2. The largest absolute Gasteiger partial charge is 0.493 e. The first-order valence-electron chi connectivity index (χ1n) is 10.7. The molecule has 1 saturated heterocycles. The van der Waals surface area contributed by atoms with E-state index in [2.05, 4.69) is 20.2 Å². The number of aromatic nitrogens is 2. The topological polar surface area (TPSA) is 89.1 Å². The molecule has 11 heteroatoms. The lowest BCUT2D eigenvalue weighted by Crippen LogP contribution is -2.31. The number of hydrogen-bond donors (Lipinski definition) is 1. The van der Waals surface area contributed by atoms with Gasteiger partial charge < -0.3 is 24.4 Å². The molecule has 180 valence electrons. The van der Waals surface area contributed by atoms with Gasteiger partial charge in [0.2, 0.25) is 0 Å². The molecular weight excluding hydrogens is 465 g/mol. The molecule has 0 atom stereocenters. The van der Waals surface area contributed by atoms with E-state index < -0.39 is 5.82 Å². The summed E-state index contributed by atoms with van der Waals surface area (Å²) in [5.74, 6) is 0.887. The van der Waals surface area contributed by atoms with E-state index in [1.807, 2.05) is 0 Å². The summed E-state index contributed by atoms with van der Waals surface area (Å²) in [7, 11) is 3.27. The molecule has 0 bridgehead atoms. The van der Waals surface area contributed by atoms with Crippen LogP contribution < -0.4 is 14.8 Å². The SMILES string of the molecule is COc1cc2ncnc(Nc3cccc(Cl)c3F)c2cc1OCCCN1CCN(C)C(=O)OC1. The lowest BCUT2D eigenvalue weighted by molar-refractivity contribution is 0.0751. The van der Waals surface area contributed by atoms with Gasteiger partial charge in [0, 0.05) is 38.1 Å². The number of anilines is 2. The molecule has 1 N–H and O–H groups in total. The van der Waals surface area contributed by atoms with Gasteiger partial charge in [-0.25, -0.2) is 19.2 Å². The Morgan fingerprint density at radius 1 is 1.24 bits per heavy atom. The Bertz CT molecular complexity index is 1180. The number of cyclic esters (lactones) is 1. The van der Waals surface area contributed by atoms with Gasteiger partial charge in [0.15, 0.2) is 17.3 Å². The van der Waals surface area contributed by atoms with Gasteiger partial charge in [0.1, 0.15) is 18.9 Å². The molecule has 3 aromatic rings. The number of carbonyl (C=O) groups is 1. The molecule has 1 aliphatic rings. The summed E-state index contributed by atoms with van der Waals surface area (Å²) < 4.78 is 31.1. The van der Waals surface area contributed by atoms with Crippen molar-refractivity contribution in [2.45, 2.75) is 6.42 Å². The fourth-order valence-electron chi connectivity index (χ4n) is 3.51. The van der Waals surface area contributed by atoms with Crippen LogP contribution >= 0.6 is 11.6 Å². The predicted molar refractivity (Wildman–Crippen MR) is 126 cm³/mol. The minimum Gasteiger partial charge on any atom is -0.493 e. The highest BCUT2D eigenvalue weighted by Crippen LogP contribution is 2.35. The van der Waals surface area contributed by atoms with Gasteiger partial charge in [-0.15, -0.1) is 0 Å². The third-order valence-corrected chi connectivity index (χ3v) is 5.73. The molecule has 0 unspecified atom stereocenters. The summed E-state index contributed by atoms with van der Waals surface area (Å²) in [6.07, 6.45) is 1.79. The van der Waals surface area contributed by atoms with Crippen molar-refractivity contribution in [2.75, 3.05) is 52.4 Å². The molecule has 0 spiro atoms. The van der Waals surface area contributed by atoms with E-state index in [4.69, 9.17) is 25.8 Å². The first kappa shape index (κ1) is 23.8. The Hall–Kier alpha value is -3.37. The average Bonchev–Trinajstić information content (AvgIpc) is 3.00. The smallest absolute Gasteiger partial charge is 0.410 e. The molecule has 1 fully saturated rings. The molecule has 4 rings (SSSR count). The quantitative estimate of drug-likeness (QED) is 0.469. The maximum absolute atomic E-state index is 14.4. The molecule has 1 aromatic heterocycles. The average molecular weight is 490 g/mol. The van der Waals surface area contributed by atoms with Gasteiger partial charge in [0.05, 0.1) is 29.9 Å². The van der Waals surface area contributed by atoms with Crippen LogP contribution in [0.3, 0.4) is 0 Å². The van der Waals surface area contributed by atoms with E-state index in [1.54, 1.807) is 43.3 Å². The molecule has 1 amide bonds. The van der Waals surface area contributed by atoms with Crippen LogP contribution in [0.5, 0.6) is 11.5 Å². The number of methoxy groups -OCH3 is 1. The molecule has 9 nitrogen and oxygen atoms in total.